The van der Waals surface area contributed by atoms with Gasteiger partial charge in [0.2, 0.25) is 17.7 Å². The van der Waals surface area contributed by atoms with Crippen molar-refractivity contribution in [2.75, 3.05) is 23.8 Å². The number of hydrogen-bond donors (Lipinski definition) is 2. The Hall–Kier alpha value is -2.67. The van der Waals surface area contributed by atoms with Gasteiger partial charge in [-0.1, -0.05) is 12.2 Å². The normalized spacial score (nSPS) is 27.6. The average molecular weight is 369 g/mol. The predicted octanol–water partition coefficient (Wildman–Crippen LogP) is 1.82. The standard InChI is InChI=1S/C20H23N3O4/c1-11(24)21-15-5-6-16-12(10-15)7-8-23(16)20(26)18-14-4-3-13(9-14)17(18)19(25)22(2)27/h3-6,10,13-14,17-18,27H,7-9H2,1-2H3,(H,21,24). The minimum atomic E-state index is -0.509. The van der Waals surface area contributed by atoms with Crippen LogP contribution in [0, 0.1) is 23.7 Å². The molecule has 3 amide bonds. The molecular weight excluding hydrogens is 346 g/mol. The molecule has 1 aromatic carbocycles. The van der Waals surface area contributed by atoms with Crippen molar-refractivity contribution in [2.45, 2.75) is 19.8 Å². The number of hydrogen-bond acceptors (Lipinski definition) is 4. The number of nitrogens with one attached hydrogen (secondary N) is 1. The second-order valence-corrected chi connectivity index (χ2v) is 7.63. The topological polar surface area (TPSA) is 90.0 Å². The zero-order valence-electron chi connectivity index (χ0n) is 15.4. The van der Waals surface area contributed by atoms with Crippen molar-refractivity contribution in [1.82, 2.24) is 5.06 Å². The Morgan fingerprint density at radius 1 is 1.19 bits per heavy atom. The van der Waals surface area contributed by atoms with Gasteiger partial charge in [-0.2, -0.15) is 0 Å². The van der Waals surface area contributed by atoms with Gasteiger partial charge in [0.25, 0.3) is 0 Å². The number of allylic oxidation sites excluding steroid dienone is 2. The number of amides is 3. The van der Waals surface area contributed by atoms with Gasteiger partial charge in [-0.15, -0.1) is 0 Å². The molecule has 1 saturated carbocycles. The third-order valence-corrected chi connectivity index (χ3v) is 5.91. The molecule has 4 unspecified atom stereocenters. The predicted molar refractivity (Wildman–Crippen MR) is 99.1 cm³/mol. The van der Waals surface area contributed by atoms with Gasteiger partial charge in [0.05, 0.1) is 11.8 Å². The first-order valence-electron chi connectivity index (χ1n) is 9.23. The molecule has 0 aromatic heterocycles. The highest BCUT2D eigenvalue weighted by Gasteiger charge is 2.53. The van der Waals surface area contributed by atoms with Gasteiger partial charge < -0.3 is 10.2 Å². The minimum absolute atomic E-state index is 0.00951. The highest BCUT2D eigenvalue weighted by atomic mass is 16.5. The van der Waals surface area contributed by atoms with Gasteiger partial charge >= 0.3 is 0 Å². The van der Waals surface area contributed by atoms with Crippen molar-refractivity contribution in [3.63, 3.8) is 0 Å². The summed E-state index contributed by atoms with van der Waals surface area (Å²) in [7, 11) is 1.31. The van der Waals surface area contributed by atoms with Crippen LogP contribution in [0.4, 0.5) is 11.4 Å². The summed E-state index contributed by atoms with van der Waals surface area (Å²) in [5.41, 5.74) is 2.56. The fourth-order valence-corrected chi connectivity index (χ4v) is 4.80. The van der Waals surface area contributed by atoms with Crippen LogP contribution in [0.3, 0.4) is 0 Å². The number of nitrogens with zero attached hydrogens (tertiary/aromatic N) is 2. The van der Waals surface area contributed by atoms with E-state index >= 15 is 0 Å². The lowest BCUT2D eigenvalue weighted by Gasteiger charge is -2.31. The monoisotopic (exact) mass is 369 g/mol. The number of anilines is 2. The summed E-state index contributed by atoms with van der Waals surface area (Å²) in [5.74, 6) is -1.49. The SMILES string of the molecule is CC(=O)Nc1ccc2c(c1)CCN2C(=O)C1C2C=CC(C2)C1C(=O)N(C)O. The Morgan fingerprint density at radius 3 is 2.56 bits per heavy atom. The smallest absolute Gasteiger partial charge is 0.250 e. The van der Waals surface area contributed by atoms with Crippen molar-refractivity contribution in [2.24, 2.45) is 23.7 Å². The number of hydroxylamine groups is 2. The highest BCUT2D eigenvalue weighted by molar-refractivity contribution is 6.01. The molecule has 4 atom stereocenters. The Labute approximate surface area is 157 Å². The van der Waals surface area contributed by atoms with E-state index in [1.165, 1.54) is 14.0 Å². The Balaban J connectivity index is 1.60. The lowest BCUT2D eigenvalue weighted by molar-refractivity contribution is -0.167. The molecule has 0 saturated heterocycles. The molecule has 1 aromatic rings. The van der Waals surface area contributed by atoms with Crippen LogP contribution in [0.25, 0.3) is 0 Å². The lowest BCUT2D eigenvalue weighted by atomic mass is 9.81. The molecule has 27 heavy (non-hydrogen) atoms. The zero-order valence-corrected chi connectivity index (χ0v) is 15.4. The van der Waals surface area contributed by atoms with Crippen molar-refractivity contribution in [1.29, 1.82) is 0 Å². The van der Waals surface area contributed by atoms with Crippen LogP contribution in [0.2, 0.25) is 0 Å². The molecule has 142 valence electrons. The summed E-state index contributed by atoms with van der Waals surface area (Å²) in [6, 6.07) is 5.54. The zero-order chi connectivity index (χ0) is 19.3. The van der Waals surface area contributed by atoms with Gasteiger partial charge in [0.1, 0.15) is 0 Å². The maximum absolute atomic E-state index is 13.4. The van der Waals surface area contributed by atoms with Gasteiger partial charge in [-0.05, 0) is 48.4 Å². The number of fused-ring (bicyclic) bond motifs is 3. The van der Waals surface area contributed by atoms with E-state index in [9.17, 15) is 19.6 Å². The second kappa shape index (κ2) is 6.49. The van der Waals surface area contributed by atoms with Crippen LogP contribution in [-0.4, -0.2) is 41.6 Å². The molecule has 7 heteroatoms. The van der Waals surface area contributed by atoms with Crippen molar-refractivity contribution in [3.8, 4) is 0 Å². The molecule has 2 N–H and O–H groups in total. The number of carbonyl (C=O) groups is 3. The molecule has 0 spiro atoms. The Morgan fingerprint density at radius 2 is 1.89 bits per heavy atom. The summed E-state index contributed by atoms with van der Waals surface area (Å²) in [4.78, 5) is 38.9. The molecule has 7 nitrogen and oxygen atoms in total. The molecule has 1 fully saturated rings. The minimum Gasteiger partial charge on any atom is -0.326 e. The van der Waals surface area contributed by atoms with Crippen LogP contribution in [0.1, 0.15) is 18.9 Å². The fraction of sp³-hybridized carbons (Fsp3) is 0.450. The fourth-order valence-electron chi connectivity index (χ4n) is 4.80. The third kappa shape index (κ3) is 2.92. The van der Waals surface area contributed by atoms with E-state index in [0.29, 0.717) is 23.7 Å². The quantitative estimate of drug-likeness (QED) is 0.483. The second-order valence-electron chi connectivity index (χ2n) is 7.63. The molecule has 2 aliphatic carbocycles. The van der Waals surface area contributed by atoms with Crippen LogP contribution in [-0.2, 0) is 20.8 Å². The first-order chi connectivity index (χ1) is 12.9. The summed E-state index contributed by atoms with van der Waals surface area (Å²) >= 11 is 0. The average Bonchev–Trinajstić information content (AvgIpc) is 3.33. The molecule has 3 aliphatic rings. The number of rotatable bonds is 3. The first-order valence-corrected chi connectivity index (χ1v) is 9.23. The summed E-state index contributed by atoms with van der Waals surface area (Å²) in [6.07, 6.45) is 5.52. The van der Waals surface area contributed by atoms with E-state index in [1.54, 1.807) is 11.0 Å². The summed E-state index contributed by atoms with van der Waals surface area (Å²) < 4.78 is 0. The van der Waals surface area contributed by atoms with Crippen molar-refractivity contribution in [3.05, 3.63) is 35.9 Å². The van der Waals surface area contributed by atoms with Crippen LogP contribution in [0.15, 0.2) is 30.4 Å². The summed E-state index contributed by atoms with van der Waals surface area (Å²) in [6.45, 7) is 2.02. The van der Waals surface area contributed by atoms with Gasteiger partial charge in [0, 0.05) is 31.9 Å². The first kappa shape index (κ1) is 17.7. The van der Waals surface area contributed by atoms with Crippen molar-refractivity contribution >= 4 is 29.1 Å². The van der Waals surface area contributed by atoms with Crippen LogP contribution < -0.4 is 10.2 Å². The van der Waals surface area contributed by atoms with E-state index in [1.807, 2.05) is 24.3 Å². The Kier molecular flexibility index (Phi) is 4.26. The summed E-state index contributed by atoms with van der Waals surface area (Å²) in [5, 5.41) is 13.0. The number of carbonyl (C=O) groups excluding carboxylic acids is 3. The van der Waals surface area contributed by atoms with E-state index in [2.05, 4.69) is 5.32 Å². The highest BCUT2D eigenvalue weighted by Crippen LogP contribution is 2.50. The maximum Gasteiger partial charge on any atom is 0.250 e. The molecule has 1 heterocycles. The molecule has 0 radical (unpaired) electrons. The van der Waals surface area contributed by atoms with Gasteiger partial charge in [0.15, 0.2) is 0 Å². The largest absolute Gasteiger partial charge is 0.326 e. The van der Waals surface area contributed by atoms with Gasteiger partial charge in [-0.3, -0.25) is 19.6 Å². The van der Waals surface area contributed by atoms with Crippen LogP contribution >= 0.6 is 0 Å². The lowest BCUT2D eigenvalue weighted by Crippen LogP contribution is -2.45. The molecule has 2 bridgehead atoms. The Bertz CT molecular complexity index is 848. The van der Waals surface area contributed by atoms with E-state index in [4.69, 9.17) is 0 Å². The van der Waals surface area contributed by atoms with E-state index in [-0.39, 0.29) is 23.7 Å². The molecular formula is C20H23N3O4. The van der Waals surface area contributed by atoms with Crippen LogP contribution in [0.5, 0.6) is 0 Å². The number of benzene rings is 1. The van der Waals surface area contributed by atoms with Crippen molar-refractivity contribution < 1.29 is 19.6 Å². The van der Waals surface area contributed by atoms with E-state index in [0.717, 1.165) is 17.7 Å². The molecule has 1 aliphatic heterocycles. The maximum atomic E-state index is 13.4. The molecule has 4 rings (SSSR count). The van der Waals surface area contributed by atoms with E-state index < -0.39 is 17.7 Å². The van der Waals surface area contributed by atoms with Gasteiger partial charge in [-0.25, -0.2) is 5.06 Å². The third-order valence-electron chi connectivity index (χ3n) is 5.91.